The molecule has 1 aliphatic rings. The van der Waals surface area contributed by atoms with Crippen molar-refractivity contribution in [2.75, 3.05) is 23.3 Å². The molecule has 4 heteroatoms. The highest BCUT2D eigenvalue weighted by Crippen LogP contribution is 2.24. The average Bonchev–Trinajstić information content (AvgIpc) is 2.91. The molecule has 1 atom stereocenters. The highest BCUT2D eigenvalue weighted by Gasteiger charge is 2.23. The summed E-state index contributed by atoms with van der Waals surface area (Å²) in [6.07, 6.45) is 2.84. The topological polar surface area (TPSA) is 58.4 Å². The molecule has 1 aromatic rings. The number of carbonyl (C=O) groups is 1. The van der Waals surface area contributed by atoms with Crippen LogP contribution in [0.1, 0.15) is 40.0 Å². The maximum atomic E-state index is 12.1. The standard InChI is InChI=1S/C17H27N3O/c1-17(2,3)15(18)12-16(21)19-13-7-6-8-14(11-13)20-9-4-5-10-20/h6-8,11,15H,4-5,9-10,12,18H2,1-3H3,(H,19,21). The molecule has 1 heterocycles. The summed E-state index contributed by atoms with van der Waals surface area (Å²) in [7, 11) is 0. The number of anilines is 2. The van der Waals surface area contributed by atoms with Gasteiger partial charge in [0.05, 0.1) is 0 Å². The minimum Gasteiger partial charge on any atom is -0.371 e. The molecule has 1 fully saturated rings. The summed E-state index contributed by atoms with van der Waals surface area (Å²) in [5.41, 5.74) is 8.04. The van der Waals surface area contributed by atoms with Crippen LogP contribution in [0.4, 0.5) is 11.4 Å². The lowest BCUT2D eigenvalue weighted by molar-refractivity contribution is -0.117. The molecule has 1 unspecified atom stereocenters. The van der Waals surface area contributed by atoms with Crippen LogP contribution in [0.25, 0.3) is 0 Å². The lowest BCUT2D eigenvalue weighted by Gasteiger charge is -2.26. The Bertz CT molecular complexity index is 487. The molecule has 2 rings (SSSR count). The number of amides is 1. The van der Waals surface area contributed by atoms with E-state index >= 15 is 0 Å². The highest BCUT2D eigenvalue weighted by molar-refractivity contribution is 5.91. The fourth-order valence-electron chi connectivity index (χ4n) is 2.47. The van der Waals surface area contributed by atoms with Crippen LogP contribution in [0.2, 0.25) is 0 Å². The number of hydrogen-bond donors (Lipinski definition) is 2. The van der Waals surface area contributed by atoms with Crippen LogP contribution in [0.5, 0.6) is 0 Å². The van der Waals surface area contributed by atoms with Gasteiger partial charge in [-0.1, -0.05) is 26.8 Å². The monoisotopic (exact) mass is 289 g/mol. The molecule has 0 aliphatic carbocycles. The summed E-state index contributed by atoms with van der Waals surface area (Å²) in [6.45, 7) is 8.37. The van der Waals surface area contributed by atoms with Crippen LogP contribution in [-0.2, 0) is 4.79 Å². The molecule has 0 aromatic heterocycles. The van der Waals surface area contributed by atoms with Crippen molar-refractivity contribution in [1.29, 1.82) is 0 Å². The summed E-state index contributed by atoms with van der Waals surface area (Å²) in [5, 5.41) is 2.96. The van der Waals surface area contributed by atoms with E-state index in [0.29, 0.717) is 6.42 Å². The Kier molecular flexibility index (Phi) is 4.88. The van der Waals surface area contributed by atoms with Crippen LogP contribution >= 0.6 is 0 Å². The van der Waals surface area contributed by atoms with Crippen molar-refractivity contribution in [2.45, 2.75) is 46.1 Å². The van der Waals surface area contributed by atoms with Gasteiger partial charge in [-0.15, -0.1) is 0 Å². The summed E-state index contributed by atoms with van der Waals surface area (Å²) < 4.78 is 0. The fraction of sp³-hybridized carbons (Fsp3) is 0.588. The summed E-state index contributed by atoms with van der Waals surface area (Å²) >= 11 is 0. The molecule has 21 heavy (non-hydrogen) atoms. The summed E-state index contributed by atoms with van der Waals surface area (Å²) in [4.78, 5) is 14.5. The zero-order valence-corrected chi connectivity index (χ0v) is 13.4. The minimum atomic E-state index is -0.140. The van der Waals surface area contributed by atoms with Crippen molar-refractivity contribution in [3.05, 3.63) is 24.3 Å². The molecule has 1 amide bonds. The van der Waals surface area contributed by atoms with Gasteiger partial charge < -0.3 is 16.0 Å². The zero-order chi connectivity index (χ0) is 15.5. The van der Waals surface area contributed by atoms with Gasteiger partial charge in [-0.2, -0.15) is 0 Å². The average molecular weight is 289 g/mol. The molecular weight excluding hydrogens is 262 g/mol. The third-order valence-corrected chi connectivity index (χ3v) is 4.12. The molecular formula is C17H27N3O. The number of benzene rings is 1. The molecule has 116 valence electrons. The first-order valence-corrected chi connectivity index (χ1v) is 7.77. The quantitative estimate of drug-likeness (QED) is 0.896. The van der Waals surface area contributed by atoms with Gasteiger partial charge in [0.15, 0.2) is 0 Å². The van der Waals surface area contributed by atoms with Crippen molar-refractivity contribution in [3.63, 3.8) is 0 Å². The Morgan fingerprint density at radius 2 is 2.00 bits per heavy atom. The van der Waals surface area contributed by atoms with Gasteiger partial charge >= 0.3 is 0 Å². The summed E-state index contributed by atoms with van der Waals surface area (Å²) in [5.74, 6) is -0.0176. The normalized spacial score (nSPS) is 16.9. The van der Waals surface area contributed by atoms with Crippen molar-refractivity contribution in [3.8, 4) is 0 Å². The van der Waals surface area contributed by atoms with E-state index in [1.165, 1.54) is 18.5 Å². The van der Waals surface area contributed by atoms with Crippen LogP contribution in [0.15, 0.2) is 24.3 Å². The highest BCUT2D eigenvalue weighted by atomic mass is 16.1. The molecule has 1 aliphatic heterocycles. The first kappa shape index (κ1) is 15.8. The zero-order valence-electron chi connectivity index (χ0n) is 13.4. The van der Waals surface area contributed by atoms with Crippen LogP contribution in [0.3, 0.4) is 0 Å². The molecule has 3 N–H and O–H groups in total. The number of nitrogens with one attached hydrogen (secondary N) is 1. The van der Waals surface area contributed by atoms with E-state index in [4.69, 9.17) is 5.73 Å². The van der Waals surface area contributed by atoms with Gasteiger partial charge in [0.25, 0.3) is 0 Å². The Balaban J connectivity index is 1.96. The largest absolute Gasteiger partial charge is 0.371 e. The van der Waals surface area contributed by atoms with E-state index in [1.807, 2.05) is 18.2 Å². The third-order valence-electron chi connectivity index (χ3n) is 4.12. The van der Waals surface area contributed by atoms with Gasteiger partial charge in [-0.3, -0.25) is 4.79 Å². The van der Waals surface area contributed by atoms with Crippen molar-refractivity contribution < 1.29 is 4.79 Å². The van der Waals surface area contributed by atoms with Crippen molar-refractivity contribution in [2.24, 2.45) is 11.1 Å². The van der Waals surface area contributed by atoms with Crippen LogP contribution in [0, 0.1) is 5.41 Å². The first-order chi connectivity index (χ1) is 9.86. The van der Waals surface area contributed by atoms with E-state index in [-0.39, 0.29) is 17.4 Å². The Morgan fingerprint density at radius 3 is 2.62 bits per heavy atom. The fourth-order valence-corrected chi connectivity index (χ4v) is 2.47. The molecule has 0 saturated carbocycles. The number of nitrogens with zero attached hydrogens (tertiary/aromatic N) is 1. The molecule has 0 spiro atoms. The maximum absolute atomic E-state index is 12.1. The lowest BCUT2D eigenvalue weighted by atomic mass is 9.85. The van der Waals surface area contributed by atoms with Gasteiger partial charge in [0, 0.05) is 36.9 Å². The summed E-state index contributed by atoms with van der Waals surface area (Å²) in [6, 6.07) is 7.93. The Hall–Kier alpha value is -1.55. The Labute approximate surface area is 127 Å². The number of rotatable bonds is 4. The number of carbonyl (C=O) groups excluding carboxylic acids is 1. The lowest BCUT2D eigenvalue weighted by Crippen LogP contribution is -2.38. The molecule has 4 nitrogen and oxygen atoms in total. The smallest absolute Gasteiger partial charge is 0.225 e. The first-order valence-electron chi connectivity index (χ1n) is 7.77. The second kappa shape index (κ2) is 6.48. The van der Waals surface area contributed by atoms with Gasteiger partial charge in [0.1, 0.15) is 0 Å². The van der Waals surface area contributed by atoms with Crippen LogP contribution < -0.4 is 16.0 Å². The van der Waals surface area contributed by atoms with Crippen molar-refractivity contribution in [1.82, 2.24) is 0 Å². The molecule has 0 radical (unpaired) electrons. The molecule has 0 bridgehead atoms. The van der Waals surface area contributed by atoms with Gasteiger partial charge in [0.2, 0.25) is 5.91 Å². The molecule has 1 aromatic carbocycles. The second-order valence-corrected chi connectivity index (χ2v) is 6.97. The van der Waals surface area contributed by atoms with E-state index < -0.39 is 0 Å². The van der Waals surface area contributed by atoms with E-state index in [2.05, 4.69) is 37.1 Å². The number of hydrogen-bond acceptors (Lipinski definition) is 3. The minimum absolute atomic E-state index is 0.0176. The van der Waals surface area contributed by atoms with E-state index in [9.17, 15) is 4.79 Å². The Morgan fingerprint density at radius 1 is 1.33 bits per heavy atom. The molecule has 1 saturated heterocycles. The number of nitrogens with two attached hydrogens (primary N) is 1. The van der Waals surface area contributed by atoms with Crippen molar-refractivity contribution >= 4 is 17.3 Å². The third kappa shape index (κ3) is 4.46. The SMILES string of the molecule is CC(C)(C)C(N)CC(=O)Nc1cccc(N2CCCC2)c1. The predicted molar refractivity (Wildman–Crippen MR) is 88.6 cm³/mol. The van der Waals surface area contributed by atoms with E-state index in [0.717, 1.165) is 18.8 Å². The maximum Gasteiger partial charge on any atom is 0.225 e. The van der Waals surface area contributed by atoms with Gasteiger partial charge in [-0.05, 0) is 36.5 Å². The van der Waals surface area contributed by atoms with E-state index in [1.54, 1.807) is 0 Å². The second-order valence-electron chi connectivity index (χ2n) is 6.97. The predicted octanol–water partition coefficient (Wildman–Crippen LogP) is 2.99. The van der Waals surface area contributed by atoms with Gasteiger partial charge in [-0.25, -0.2) is 0 Å². The van der Waals surface area contributed by atoms with Crippen LogP contribution in [-0.4, -0.2) is 25.0 Å².